The Balaban J connectivity index is 5.00. The van der Waals surface area contributed by atoms with Crippen molar-refractivity contribution in [2.45, 2.75) is 72.1 Å². The molecule has 0 aromatic heterocycles. The highest BCUT2D eigenvalue weighted by molar-refractivity contribution is 6.21. The summed E-state index contributed by atoms with van der Waals surface area (Å²) in [6.45, 7) is 10.3. The first kappa shape index (κ1) is 18.9. The summed E-state index contributed by atoms with van der Waals surface area (Å²) in [7, 11) is 1.92. The van der Waals surface area contributed by atoms with Gasteiger partial charge in [0.1, 0.15) is 0 Å². The van der Waals surface area contributed by atoms with E-state index in [4.69, 9.17) is 5.73 Å². The van der Waals surface area contributed by atoms with E-state index in [2.05, 4.69) is 37.6 Å². The molecule has 2 N–H and O–H groups in total. The number of nitrogens with zero attached hydrogens (tertiary/aromatic N) is 2. The molecule has 20 heavy (non-hydrogen) atoms. The van der Waals surface area contributed by atoms with Crippen LogP contribution in [0.1, 0.15) is 72.1 Å². The van der Waals surface area contributed by atoms with Gasteiger partial charge >= 0.3 is 0 Å². The number of allylic oxidation sites excluding steroid dienone is 1. The minimum atomic E-state index is 0.0368. The fourth-order valence-corrected chi connectivity index (χ4v) is 2.64. The van der Waals surface area contributed by atoms with E-state index in [0.29, 0.717) is 0 Å². The predicted molar refractivity (Wildman–Crippen MR) is 91.2 cm³/mol. The second kappa shape index (κ2) is 10.7. The second-order valence-electron chi connectivity index (χ2n) is 5.90. The van der Waals surface area contributed by atoms with E-state index >= 15 is 0 Å². The molecule has 0 radical (unpaired) electrons. The molecule has 0 saturated heterocycles. The zero-order valence-electron chi connectivity index (χ0n) is 13.9. The van der Waals surface area contributed by atoms with Gasteiger partial charge in [-0.15, -0.1) is 0 Å². The first-order valence-corrected chi connectivity index (χ1v) is 8.00. The van der Waals surface area contributed by atoms with Crippen LogP contribution in [0, 0.1) is 5.41 Å². The molecule has 1 unspecified atom stereocenters. The van der Waals surface area contributed by atoms with Crippen molar-refractivity contribution in [3.05, 3.63) is 24.1 Å². The number of nitrogens with two attached hydrogens (primary N) is 1. The van der Waals surface area contributed by atoms with Crippen LogP contribution in [-0.2, 0) is 0 Å². The van der Waals surface area contributed by atoms with Crippen molar-refractivity contribution in [1.82, 2.24) is 0 Å². The summed E-state index contributed by atoms with van der Waals surface area (Å²) in [4.78, 5) is 0. The Bertz CT molecular complexity index is 333. The average Bonchev–Trinajstić information content (AvgIpc) is 2.41. The standard InChI is InChI=1S/C16H32BN3/c1-5-8-10-11-13-16(4,12-9-6-2)14(15(17)18)20-19-7-3/h7H,3,5-6,8-13,17-18H2,1-2,4H3/b15-14-,20-19-. The van der Waals surface area contributed by atoms with Crippen LogP contribution in [0.4, 0.5) is 0 Å². The Morgan fingerprint density at radius 2 is 1.75 bits per heavy atom. The first-order chi connectivity index (χ1) is 9.51. The third-order valence-corrected chi connectivity index (χ3v) is 3.85. The molecule has 0 rings (SSSR count). The van der Waals surface area contributed by atoms with Gasteiger partial charge < -0.3 is 5.73 Å². The third kappa shape index (κ3) is 6.92. The number of hydrogen-bond acceptors (Lipinski definition) is 3. The summed E-state index contributed by atoms with van der Waals surface area (Å²) < 4.78 is 0. The molecule has 0 amide bonds. The summed E-state index contributed by atoms with van der Waals surface area (Å²) in [5.41, 5.74) is 7.82. The predicted octanol–water partition coefficient (Wildman–Crippen LogP) is 4.51. The van der Waals surface area contributed by atoms with E-state index in [9.17, 15) is 0 Å². The molecule has 3 nitrogen and oxygen atoms in total. The molecule has 0 aromatic rings. The van der Waals surface area contributed by atoms with Gasteiger partial charge in [-0.25, -0.2) is 0 Å². The second-order valence-corrected chi connectivity index (χ2v) is 5.90. The van der Waals surface area contributed by atoms with Crippen LogP contribution >= 0.6 is 0 Å². The van der Waals surface area contributed by atoms with Crippen LogP contribution < -0.4 is 5.73 Å². The van der Waals surface area contributed by atoms with Crippen LogP contribution in [0.5, 0.6) is 0 Å². The van der Waals surface area contributed by atoms with Crippen molar-refractivity contribution >= 4 is 7.85 Å². The van der Waals surface area contributed by atoms with E-state index in [-0.39, 0.29) is 5.41 Å². The summed E-state index contributed by atoms with van der Waals surface area (Å²) in [5.74, 6) is 0. The lowest BCUT2D eigenvalue weighted by Crippen LogP contribution is -2.22. The van der Waals surface area contributed by atoms with Gasteiger partial charge in [0.25, 0.3) is 0 Å². The number of azo groups is 1. The Morgan fingerprint density at radius 3 is 2.25 bits per heavy atom. The van der Waals surface area contributed by atoms with E-state index in [1.165, 1.54) is 44.7 Å². The van der Waals surface area contributed by atoms with Crippen molar-refractivity contribution in [1.29, 1.82) is 0 Å². The summed E-state index contributed by atoms with van der Waals surface area (Å²) in [6, 6.07) is 0. The number of rotatable bonds is 11. The van der Waals surface area contributed by atoms with Gasteiger partial charge in [0.05, 0.1) is 5.70 Å². The number of unbranched alkanes of at least 4 members (excludes halogenated alkanes) is 4. The largest absolute Gasteiger partial charge is 0.409 e. The van der Waals surface area contributed by atoms with Gasteiger partial charge in [-0.3, -0.25) is 0 Å². The fraction of sp³-hybridized carbons (Fsp3) is 0.750. The molecule has 0 bridgehead atoms. The van der Waals surface area contributed by atoms with E-state index in [1.807, 2.05) is 7.85 Å². The molecule has 0 aliphatic heterocycles. The zero-order valence-corrected chi connectivity index (χ0v) is 13.9. The molecule has 4 heteroatoms. The monoisotopic (exact) mass is 277 g/mol. The topological polar surface area (TPSA) is 50.7 Å². The molecule has 0 aliphatic carbocycles. The van der Waals surface area contributed by atoms with Crippen molar-refractivity contribution in [2.75, 3.05) is 0 Å². The molecule has 0 saturated carbocycles. The smallest absolute Gasteiger partial charge is 0.162 e. The van der Waals surface area contributed by atoms with Crippen molar-refractivity contribution in [3.63, 3.8) is 0 Å². The van der Waals surface area contributed by atoms with Crippen molar-refractivity contribution < 1.29 is 0 Å². The van der Waals surface area contributed by atoms with Crippen LogP contribution in [0.2, 0.25) is 0 Å². The molecule has 0 heterocycles. The lowest BCUT2D eigenvalue weighted by Gasteiger charge is -2.31. The van der Waals surface area contributed by atoms with Crippen LogP contribution in [0.25, 0.3) is 0 Å². The Kier molecular flexibility index (Phi) is 10.1. The Morgan fingerprint density at radius 1 is 1.15 bits per heavy atom. The summed E-state index contributed by atoms with van der Waals surface area (Å²) >= 11 is 0. The van der Waals surface area contributed by atoms with Gasteiger partial charge in [0.2, 0.25) is 0 Å². The van der Waals surface area contributed by atoms with Crippen molar-refractivity contribution in [2.24, 2.45) is 21.4 Å². The van der Waals surface area contributed by atoms with Gasteiger partial charge in [-0.2, -0.15) is 10.2 Å². The lowest BCUT2D eigenvalue weighted by atomic mass is 9.74. The van der Waals surface area contributed by atoms with Crippen LogP contribution in [-0.4, -0.2) is 7.85 Å². The summed E-state index contributed by atoms with van der Waals surface area (Å²) in [5, 5.41) is 8.29. The van der Waals surface area contributed by atoms with Gasteiger partial charge in [-0.05, 0) is 18.4 Å². The van der Waals surface area contributed by atoms with E-state index in [0.717, 1.165) is 24.1 Å². The SMILES string of the molecule is B/C(N)=C(/N=N\C=C)C(C)(CCCC)CCCCCC. The Labute approximate surface area is 126 Å². The highest BCUT2D eigenvalue weighted by atomic mass is 15.1. The molecular formula is C16H32BN3. The zero-order chi connectivity index (χ0) is 15.4. The maximum atomic E-state index is 6.06. The minimum Gasteiger partial charge on any atom is -0.409 e. The minimum absolute atomic E-state index is 0.0368. The average molecular weight is 277 g/mol. The Hall–Kier alpha value is -1.06. The highest BCUT2D eigenvalue weighted by Crippen LogP contribution is 2.39. The quantitative estimate of drug-likeness (QED) is 0.337. The maximum Gasteiger partial charge on any atom is 0.162 e. The lowest BCUT2D eigenvalue weighted by molar-refractivity contribution is 0.304. The van der Waals surface area contributed by atoms with Gasteiger partial charge in [0.15, 0.2) is 7.85 Å². The molecular weight excluding hydrogens is 245 g/mol. The summed E-state index contributed by atoms with van der Waals surface area (Å²) in [6.07, 6.45) is 11.2. The fourth-order valence-electron chi connectivity index (χ4n) is 2.64. The molecule has 0 fully saturated rings. The van der Waals surface area contributed by atoms with Crippen LogP contribution in [0.3, 0.4) is 0 Å². The molecule has 0 aliphatic rings. The third-order valence-electron chi connectivity index (χ3n) is 3.85. The normalized spacial score (nSPS) is 15.9. The van der Waals surface area contributed by atoms with E-state index < -0.39 is 0 Å². The molecule has 114 valence electrons. The maximum absolute atomic E-state index is 6.06. The molecule has 0 spiro atoms. The molecule has 0 aromatic carbocycles. The first-order valence-electron chi connectivity index (χ1n) is 8.00. The number of hydrogen-bond donors (Lipinski definition) is 1. The highest BCUT2D eigenvalue weighted by Gasteiger charge is 2.29. The van der Waals surface area contributed by atoms with Gasteiger partial charge in [0, 0.05) is 11.6 Å². The molecule has 1 atom stereocenters. The van der Waals surface area contributed by atoms with Crippen molar-refractivity contribution in [3.8, 4) is 0 Å². The van der Waals surface area contributed by atoms with Crippen LogP contribution in [0.15, 0.2) is 34.3 Å². The van der Waals surface area contributed by atoms with Gasteiger partial charge in [-0.1, -0.05) is 65.9 Å². The van der Waals surface area contributed by atoms with E-state index in [1.54, 1.807) is 0 Å².